The normalized spacial score (nSPS) is 11.5. The Morgan fingerprint density at radius 3 is 1.87 bits per heavy atom. The fraction of sp³-hybridized carbons (Fsp3) is 0.600. The van der Waals surface area contributed by atoms with E-state index in [0.29, 0.717) is 11.1 Å². The molecule has 0 aliphatic rings. The summed E-state index contributed by atoms with van der Waals surface area (Å²) in [5, 5.41) is 1.56. The topological polar surface area (TPSA) is 66.4 Å². The van der Waals surface area contributed by atoms with Crippen molar-refractivity contribution in [2.75, 3.05) is 7.11 Å². The van der Waals surface area contributed by atoms with Gasteiger partial charge in [0.2, 0.25) is 0 Å². The zero-order valence-corrected chi connectivity index (χ0v) is 22.4. The van der Waals surface area contributed by atoms with Gasteiger partial charge in [-0.05, 0) is 42.0 Å². The zero-order chi connectivity index (χ0) is 21.8. The molecule has 0 aliphatic heterocycles. The summed E-state index contributed by atoms with van der Waals surface area (Å²) in [4.78, 5) is -0.220. The maximum atomic E-state index is 11.3. The predicted octanol–water partition coefficient (Wildman–Crippen LogP) is 4.00. The number of methoxy groups -OCH3 is 1. The second-order valence-electron chi connectivity index (χ2n) is 8.27. The first kappa shape index (κ1) is 28.4. The van der Waals surface area contributed by atoms with Crippen molar-refractivity contribution in [1.82, 2.24) is 0 Å². The second-order valence-corrected chi connectivity index (χ2v) is 9.65. The van der Waals surface area contributed by atoms with Crippen molar-refractivity contribution in [1.29, 1.82) is 0 Å². The quantitative estimate of drug-likeness (QED) is 0.231. The third-order valence-corrected chi connectivity index (χ3v) is 6.61. The van der Waals surface area contributed by atoms with Crippen LogP contribution in [0.3, 0.4) is 0 Å². The van der Waals surface area contributed by atoms with E-state index in [1.807, 2.05) is 6.07 Å². The molecular formula is C25H37NaO4S. The van der Waals surface area contributed by atoms with Crippen LogP contribution < -0.4 is 34.3 Å². The van der Waals surface area contributed by atoms with E-state index in [1.54, 1.807) is 13.2 Å². The SMILES string of the molecule is CCCCCCCCCCCCCCc1cc(OC)c2cc(S(=O)(=O)[O-])ccc2c1.[Na+]. The third-order valence-electron chi connectivity index (χ3n) is 5.78. The Bertz CT molecular complexity index is 880. The van der Waals surface area contributed by atoms with Crippen LogP contribution in [0.25, 0.3) is 10.8 Å². The van der Waals surface area contributed by atoms with Crippen molar-refractivity contribution in [3.8, 4) is 5.75 Å². The molecule has 0 unspecified atom stereocenters. The van der Waals surface area contributed by atoms with Gasteiger partial charge in [0.1, 0.15) is 15.9 Å². The van der Waals surface area contributed by atoms with Crippen molar-refractivity contribution in [2.45, 2.75) is 95.3 Å². The molecule has 2 rings (SSSR count). The van der Waals surface area contributed by atoms with Gasteiger partial charge in [-0.1, -0.05) is 89.7 Å². The summed E-state index contributed by atoms with van der Waals surface area (Å²) in [6.45, 7) is 2.26. The van der Waals surface area contributed by atoms with Gasteiger partial charge >= 0.3 is 29.6 Å². The Hall–Kier alpha value is -0.590. The minimum absolute atomic E-state index is 0. The van der Waals surface area contributed by atoms with Crippen LogP contribution in [0.15, 0.2) is 35.2 Å². The van der Waals surface area contributed by atoms with Gasteiger partial charge < -0.3 is 9.29 Å². The molecule has 6 heteroatoms. The first-order chi connectivity index (χ1) is 14.5. The number of ether oxygens (including phenoxy) is 1. The number of hydrogen-bond acceptors (Lipinski definition) is 4. The van der Waals surface area contributed by atoms with Gasteiger partial charge in [0.25, 0.3) is 0 Å². The summed E-state index contributed by atoms with van der Waals surface area (Å²) in [5.41, 5.74) is 1.18. The van der Waals surface area contributed by atoms with Crippen molar-refractivity contribution >= 4 is 20.9 Å². The first-order valence-corrected chi connectivity index (χ1v) is 12.9. The van der Waals surface area contributed by atoms with Crippen LogP contribution in [-0.2, 0) is 16.5 Å². The molecule has 31 heavy (non-hydrogen) atoms. The van der Waals surface area contributed by atoms with E-state index in [4.69, 9.17) is 4.74 Å². The largest absolute Gasteiger partial charge is 1.00 e. The molecule has 2 aromatic carbocycles. The van der Waals surface area contributed by atoms with Gasteiger partial charge in [-0.2, -0.15) is 0 Å². The first-order valence-electron chi connectivity index (χ1n) is 11.5. The molecule has 0 N–H and O–H groups in total. The zero-order valence-electron chi connectivity index (χ0n) is 19.6. The van der Waals surface area contributed by atoms with E-state index in [-0.39, 0.29) is 34.5 Å². The predicted molar refractivity (Wildman–Crippen MR) is 123 cm³/mol. The molecule has 0 spiro atoms. The van der Waals surface area contributed by atoms with Gasteiger partial charge in [-0.15, -0.1) is 0 Å². The molecular weight excluding hydrogens is 419 g/mol. The monoisotopic (exact) mass is 456 g/mol. The molecule has 168 valence electrons. The smallest absolute Gasteiger partial charge is 0.744 e. The third kappa shape index (κ3) is 10.3. The van der Waals surface area contributed by atoms with Crippen molar-refractivity contribution < 1.29 is 47.3 Å². The molecule has 0 atom stereocenters. The standard InChI is InChI=1S/C25H38O4S.Na/c1-3-4-5-6-7-8-9-10-11-12-13-14-15-21-18-22-16-17-23(30(26,27)28)20-24(22)25(19-21)29-2;/h16-20H,3-15H2,1-2H3,(H,26,27,28);/q;+1/p-1. The molecule has 0 bridgehead atoms. The van der Waals surface area contributed by atoms with Crippen LogP contribution >= 0.6 is 0 Å². The number of unbranched alkanes of at least 4 members (excludes halogenated alkanes) is 11. The average molecular weight is 457 g/mol. The summed E-state index contributed by atoms with van der Waals surface area (Å²) in [6, 6.07) is 8.50. The summed E-state index contributed by atoms with van der Waals surface area (Å²) >= 11 is 0. The fourth-order valence-electron chi connectivity index (χ4n) is 4.00. The van der Waals surface area contributed by atoms with E-state index < -0.39 is 10.1 Å². The Morgan fingerprint density at radius 2 is 1.35 bits per heavy atom. The minimum atomic E-state index is -4.47. The number of rotatable bonds is 15. The second kappa shape index (κ2) is 15.3. The van der Waals surface area contributed by atoms with Crippen LogP contribution in [0.2, 0.25) is 0 Å². The molecule has 0 aromatic heterocycles. The van der Waals surface area contributed by atoms with Gasteiger partial charge in [-0.25, -0.2) is 8.42 Å². The van der Waals surface area contributed by atoms with E-state index in [1.165, 1.54) is 88.3 Å². The summed E-state index contributed by atoms with van der Waals surface area (Å²) in [7, 11) is -2.90. The molecule has 0 saturated heterocycles. The van der Waals surface area contributed by atoms with Crippen molar-refractivity contribution in [3.05, 3.63) is 35.9 Å². The Kier molecular flexibility index (Phi) is 14.0. The summed E-state index contributed by atoms with van der Waals surface area (Å²) in [6.07, 6.45) is 16.9. The maximum absolute atomic E-state index is 11.3. The molecule has 0 heterocycles. The Morgan fingerprint density at radius 1 is 0.806 bits per heavy atom. The summed E-state index contributed by atoms with van der Waals surface area (Å²) < 4.78 is 39.3. The molecule has 0 saturated carbocycles. The van der Waals surface area contributed by atoms with E-state index in [0.717, 1.165) is 18.2 Å². The van der Waals surface area contributed by atoms with Crippen LogP contribution in [0.1, 0.15) is 89.5 Å². The minimum Gasteiger partial charge on any atom is -0.744 e. The van der Waals surface area contributed by atoms with Crippen LogP contribution in [0.4, 0.5) is 0 Å². The Balaban J connectivity index is 0.00000480. The van der Waals surface area contributed by atoms with Gasteiger partial charge in [0.05, 0.1) is 12.0 Å². The van der Waals surface area contributed by atoms with Gasteiger partial charge in [0, 0.05) is 5.39 Å². The number of fused-ring (bicyclic) bond motifs is 1. The average Bonchev–Trinajstić information content (AvgIpc) is 2.72. The van der Waals surface area contributed by atoms with Crippen LogP contribution in [0, 0.1) is 0 Å². The van der Waals surface area contributed by atoms with Crippen molar-refractivity contribution in [3.63, 3.8) is 0 Å². The number of aryl methyl sites for hydroxylation is 1. The number of benzene rings is 2. The van der Waals surface area contributed by atoms with E-state index in [9.17, 15) is 13.0 Å². The summed E-state index contributed by atoms with van der Waals surface area (Å²) in [5.74, 6) is 0.618. The van der Waals surface area contributed by atoms with E-state index in [2.05, 4.69) is 13.0 Å². The molecule has 2 aromatic rings. The molecule has 4 nitrogen and oxygen atoms in total. The fourth-order valence-corrected chi connectivity index (χ4v) is 4.50. The molecule has 0 amide bonds. The Labute approximate surface area is 211 Å². The van der Waals surface area contributed by atoms with Gasteiger partial charge in [0.15, 0.2) is 0 Å². The van der Waals surface area contributed by atoms with Gasteiger partial charge in [-0.3, -0.25) is 0 Å². The number of hydrogen-bond donors (Lipinski definition) is 0. The van der Waals surface area contributed by atoms with Crippen LogP contribution in [-0.4, -0.2) is 20.1 Å². The molecule has 0 aliphatic carbocycles. The van der Waals surface area contributed by atoms with Crippen molar-refractivity contribution in [2.24, 2.45) is 0 Å². The molecule has 0 radical (unpaired) electrons. The van der Waals surface area contributed by atoms with E-state index >= 15 is 0 Å². The maximum Gasteiger partial charge on any atom is 1.00 e. The molecule has 0 fully saturated rings. The van der Waals surface area contributed by atoms with Crippen LogP contribution in [0.5, 0.6) is 5.75 Å².